The molecule has 0 aromatic rings. The lowest BCUT2D eigenvalue weighted by atomic mass is 10.5. The first-order valence-electron chi connectivity index (χ1n) is 3.17. The normalized spacial score (nSPS) is 9.11. The molecular weight excluding hydrogens is 116 g/mol. The van der Waals surface area contributed by atoms with Gasteiger partial charge in [-0.15, -0.1) is 0 Å². The highest BCUT2D eigenvalue weighted by Crippen LogP contribution is 1.70. The van der Waals surface area contributed by atoms with Crippen molar-refractivity contribution in [1.82, 2.24) is 10.2 Å². The minimum atomic E-state index is 0.789. The van der Waals surface area contributed by atoms with Gasteiger partial charge in [0.25, 0.3) is 0 Å². The standard InChI is InChI=1S/C6H14N2O/c1-3-7-4-5-8(2)6-9/h6-7H,3-5H2,1-2H3. The lowest BCUT2D eigenvalue weighted by Crippen LogP contribution is -2.27. The zero-order chi connectivity index (χ0) is 7.11. The highest BCUT2D eigenvalue weighted by molar-refractivity contribution is 5.46. The molecule has 0 spiro atoms. The van der Waals surface area contributed by atoms with Crippen LogP contribution >= 0.6 is 0 Å². The van der Waals surface area contributed by atoms with E-state index in [4.69, 9.17) is 0 Å². The Morgan fingerprint density at radius 1 is 1.67 bits per heavy atom. The Hall–Kier alpha value is -0.570. The van der Waals surface area contributed by atoms with Crippen LogP contribution in [0.3, 0.4) is 0 Å². The minimum Gasteiger partial charge on any atom is -0.347 e. The number of likely N-dealkylation sites (N-methyl/N-ethyl adjacent to an activating group) is 2. The molecule has 0 bridgehead atoms. The molecule has 1 amide bonds. The Bertz CT molecular complexity index is 75.5. The number of nitrogens with zero attached hydrogens (tertiary/aromatic N) is 1. The summed E-state index contributed by atoms with van der Waals surface area (Å²) in [4.78, 5) is 11.6. The average Bonchev–Trinajstić information content (AvgIpc) is 1.89. The van der Waals surface area contributed by atoms with Crippen molar-refractivity contribution < 1.29 is 4.79 Å². The van der Waals surface area contributed by atoms with E-state index in [0.717, 1.165) is 26.0 Å². The van der Waals surface area contributed by atoms with Crippen LogP contribution < -0.4 is 5.32 Å². The van der Waals surface area contributed by atoms with Crippen molar-refractivity contribution in [2.45, 2.75) is 6.92 Å². The van der Waals surface area contributed by atoms with Crippen LogP contribution in [-0.2, 0) is 4.79 Å². The van der Waals surface area contributed by atoms with E-state index in [0.29, 0.717) is 0 Å². The lowest BCUT2D eigenvalue weighted by Gasteiger charge is -2.09. The summed E-state index contributed by atoms with van der Waals surface area (Å²) < 4.78 is 0. The molecule has 1 N–H and O–H groups in total. The second-order valence-corrected chi connectivity index (χ2v) is 1.94. The van der Waals surface area contributed by atoms with Crippen molar-refractivity contribution in [3.63, 3.8) is 0 Å². The monoisotopic (exact) mass is 130 g/mol. The Morgan fingerprint density at radius 2 is 2.33 bits per heavy atom. The van der Waals surface area contributed by atoms with Crippen molar-refractivity contribution in [2.75, 3.05) is 26.7 Å². The maximum absolute atomic E-state index is 10.00. The van der Waals surface area contributed by atoms with Crippen molar-refractivity contribution in [3.8, 4) is 0 Å². The van der Waals surface area contributed by atoms with Gasteiger partial charge in [0.1, 0.15) is 0 Å². The van der Waals surface area contributed by atoms with E-state index in [9.17, 15) is 4.79 Å². The molecule has 3 heteroatoms. The van der Waals surface area contributed by atoms with Gasteiger partial charge in [-0.3, -0.25) is 4.79 Å². The van der Waals surface area contributed by atoms with Gasteiger partial charge >= 0.3 is 0 Å². The van der Waals surface area contributed by atoms with Crippen molar-refractivity contribution in [3.05, 3.63) is 0 Å². The lowest BCUT2D eigenvalue weighted by molar-refractivity contribution is -0.116. The minimum absolute atomic E-state index is 0.789. The van der Waals surface area contributed by atoms with Gasteiger partial charge in [0.2, 0.25) is 6.41 Å². The van der Waals surface area contributed by atoms with Gasteiger partial charge in [-0.2, -0.15) is 0 Å². The number of nitrogens with one attached hydrogen (secondary N) is 1. The Morgan fingerprint density at radius 3 is 2.78 bits per heavy atom. The van der Waals surface area contributed by atoms with Crippen LogP contribution in [0.1, 0.15) is 6.92 Å². The second-order valence-electron chi connectivity index (χ2n) is 1.94. The summed E-state index contributed by atoms with van der Waals surface area (Å²) in [5.74, 6) is 0. The number of hydrogen-bond acceptors (Lipinski definition) is 2. The highest BCUT2D eigenvalue weighted by Gasteiger charge is 1.88. The molecule has 0 rings (SSSR count). The molecule has 3 nitrogen and oxygen atoms in total. The highest BCUT2D eigenvalue weighted by atomic mass is 16.1. The zero-order valence-electron chi connectivity index (χ0n) is 6.05. The maximum atomic E-state index is 10.00. The van der Waals surface area contributed by atoms with Crippen molar-refractivity contribution in [1.29, 1.82) is 0 Å². The molecule has 0 unspecified atom stereocenters. The predicted octanol–water partition coefficient (Wildman–Crippen LogP) is -0.316. The van der Waals surface area contributed by atoms with Gasteiger partial charge in [0.05, 0.1) is 0 Å². The Kier molecular flexibility index (Phi) is 5.21. The second kappa shape index (κ2) is 5.56. The van der Waals surface area contributed by atoms with Crippen LogP contribution in [0.15, 0.2) is 0 Å². The molecule has 54 valence electrons. The van der Waals surface area contributed by atoms with E-state index in [1.807, 2.05) is 6.92 Å². The fraction of sp³-hybridized carbons (Fsp3) is 0.833. The molecule has 9 heavy (non-hydrogen) atoms. The third-order valence-electron chi connectivity index (χ3n) is 1.07. The van der Waals surface area contributed by atoms with Gasteiger partial charge in [-0.05, 0) is 6.54 Å². The van der Waals surface area contributed by atoms with Crippen LogP contribution in [0, 0.1) is 0 Å². The third-order valence-corrected chi connectivity index (χ3v) is 1.07. The summed E-state index contributed by atoms with van der Waals surface area (Å²) in [6.07, 6.45) is 0.831. The summed E-state index contributed by atoms with van der Waals surface area (Å²) in [6.45, 7) is 4.68. The molecule has 0 radical (unpaired) electrons. The third kappa shape index (κ3) is 5.30. The molecule has 0 aromatic heterocycles. The van der Waals surface area contributed by atoms with Crippen LogP contribution in [-0.4, -0.2) is 38.0 Å². The summed E-state index contributed by atoms with van der Waals surface area (Å²) in [6, 6.07) is 0. The van der Waals surface area contributed by atoms with Gasteiger partial charge in [0, 0.05) is 20.1 Å². The number of carbonyl (C=O) groups excluding carboxylic acids is 1. The number of rotatable bonds is 5. The molecule has 0 fully saturated rings. The molecule has 0 aromatic carbocycles. The fourth-order valence-electron chi connectivity index (χ4n) is 0.485. The molecule has 0 aliphatic rings. The van der Waals surface area contributed by atoms with Crippen molar-refractivity contribution >= 4 is 6.41 Å². The van der Waals surface area contributed by atoms with E-state index in [2.05, 4.69) is 5.32 Å². The van der Waals surface area contributed by atoms with E-state index >= 15 is 0 Å². The predicted molar refractivity (Wildman–Crippen MR) is 37.2 cm³/mol. The summed E-state index contributed by atoms with van der Waals surface area (Å²) >= 11 is 0. The van der Waals surface area contributed by atoms with Crippen molar-refractivity contribution in [2.24, 2.45) is 0 Å². The number of carbonyl (C=O) groups is 1. The molecular formula is C6H14N2O. The molecule has 0 heterocycles. The molecule has 0 aliphatic heterocycles. The smallest absolute Gasteiger partial charge is 0.209 e. The number of amides is 1. The van der Waals surface area contributed by atoms with Crippen LogP contribution in [0.2, 0.25) is 0 Å². The van der Waals surface area contributed by atoms with Crippen LogP contribution in [0.4, 0.5) is 0 Å². The SMILES string of the molecule is CCNCCN(C)C=O. The topological polar surface area (TPSA) is 32.3 Å². The first-order valence-corrected chi connectivity index (χ1v) is 3.17. The van der Waals surface area contributed by atoms with Crippen LogP contribution in [0.25, 0.3) is 0 Å². The van der Waals surface area contributed by atoms with E-state index < -0.39 is 0 Å². The number of hydrogen-bond donors (Lipinski definition) is 1. The van der Waals surface area contributed by atoms with Gasteiger partial charge in [0.15, 0.2) is 0 Å². The van der Waals surface area contributed by atoms with E-state index in [-0.39, 0.29) is 0 Å². The van der Waals surface area contributed by atoms with Gasteiger partial charge in [-0.1, -0.05) is 6.92 Å². The van der Waals surface area contributed by atoms with Gasteiger partial charge < -0.3 is 10.2 Å². The maximum Gasteiger partial charge on any atom is 0.209 e. The quantitative estimate of drug-likeness (QED) is 0.409. The first kappa shape index (κ1) is 8.43. The fourth-order valence-corrected chi connectivity index (χ4v) is 0.485. The van der Waals surface area contributed by atoms with E-state index in [1.165, 1.54) is 0 Å². The summed E-state index contributed by atoms with van der Waals surface area (Å²) in [5, 5.41) is 3.11. The van der Waals surface area contributed by atoms with E-state index in [1.54, 1.807) is 11.9 Å². The molecule has 0 saturated carbocycles. The molecule has 0 saturated heterocycles. The first-order chi connectivity index (χ1) is 4.31. The largest absolute Gasteiger partial charge is 0.347 e. The Labute approximate surface area is 56.0 Å². The summed E-state index contributed by atoms with van der Waals surface area (Å²) in [5.41, 5.74) is 0. The molecule has 0 aliphatic carbocycles. The van der Waals surface area contributed by atoms with Gasteiger partial charge in [-0.25, -0.2) is 0 Å². The summed E-state index contributed by atoms with van der Waals surface area (Å²) in [7, 11) is 1.77. The average molecular weight is 130 g/mol. The Balaban J connectivity index is 2.96. The molecule has 0 atom stereocenters. The van der Waals surface area contributed by atoms with Crippen LogP contribution in [0.5, 0.6) is 0 Å². The zero-order valence-corrected chi connectivity index (χ0v) is 6.05.